The number of benzene rings is 4. The number of thioether (sulfide) groups is 1. The topological polar surface area (TPSA) is 44.9 Å². The quantitative estimate of drug-likeness (QED) is 0.102. The number of fused-ring (bicyclic) bond motifs is 3. The fourth-order valence-electron chi connectivity index (χ4n) is 6.85. The summed E-state index contributed by atoms with van der Waals surface area (Å²) in [5.74, 6) is 2.09. The molecule has 0 saturated carbocycles. The van der Waals surface area contributed by atoms with E-state index < -0.39 is 0 Å². The van der Waals surface area contributed by atoms with Crippen LogP contribution in [0.5, 0.6) is 11.5 Å². The van der Waals surface area contributed by atoms with Gasteiger partial charge in [-0.05, 0) is 103 Å². The Morgan fingerprint density at radius 3 is 2.20 bits per heavy atom. The molecule has 0 amide bonds. The van der Waals surface area contributed by atoms with Crippen molar-refractivity contribution in [3.63, 3.8) is 0 Å². The molecule has 7 rings (SSSR count). The minimum Gasteiger partial charge on any atom is -0.509 e. The van der Waals surface area contributed by atoms with E-state index in [-0.39, 0.29) is 21.1 Å². The van der Waals surface area contributed by atoms with E-state index in [2.05, 4.69) is 117 Å². The van der Waals surface area contributed by atoms with Crippen LogP contribution in [0.1, 0.15) is 55.8 Å². The molecule has 0 unspecified atom stereocenters. The maximum atomic E-state index is 6.49. The standard InChI is InChI=1S/C42H40N4OS.Pt/c1-7-28-23-33(48-6)24-29(8-2)41(28)42-36(9-3)44-46(37(42)10-4)30-14-13-15-31(25-30)47-32-18-19-35-34-16-11-12-17-38(34)45(39(35)26-32)40-22-27(5)20-21-43-40;/h11-24H,7-10H2,1-6H3;/q-2;+2. The Balaban J connectivity index is 0.00000417. The summed E-state index contributed by atoms with van der Waals surface area (Å²) in [6.45, 7) is 11.0. The second-order valence-electron chi connectivity index (χ2n) is 12.0. The van der Waals surface area contributed by atoms with Gasteiger partial charge in [0, 0.05) is 39.4 Å². The molecule has 7 heteroatoms. The molecule has 4 aromatic carbocycles. The van der Waals surface area contributed by atoms with Gasteiger partial charge in [-0.15, -0.1) is 47.5 Å². The van der Waals surface area contributed by atoms with Gasteiger partial charge in [0.25, 0.3) is 0 Å². The van der Waals surface area contributed by atoms with E-state index in [1.807, 2.05) is 42.2 Å². The number of hydrogen-bond acceptors (Lipinski definition) is 4. The Morgan fingerprint density at radius 1 is 0.755 bits per heavy atom. The number of aryl methyl sites for hydroxylation is 4. The number of rotatable bonds is 10. The van der Waals surface area contributed by atoms with Crippen LogP contribution in [-0.2, 0) is 46.7 Å². The van der Waals surface area contributed by atoms with Gasteiger partial charge in [0.05, 0.1) is 5.69 Å². The number of hydrogen-bond donors (Lipinski definition) is 0. The maximum absolute atomic E-state index is 6.49. The smallest absolute Gasteiger partial charge is 0.509 e. The van der Waals surface area contributed by atoms with Crippen LogP contribution >= 0.6 is 11.8 Å². The first-order valence-electron chi connectivity index (χ1n) is 16.9. The second kappa shape index (κ2) is 14.8. The zero-order valence-electron chi connectivity index (χ0n) is 28.8. The van der Waals surface area contributed by atoms with E-state index in [1.165, 1.54) is 32.8 Å². The number of nitrogens with zero attached hydrogens (tertiary/aromatic N) is 4. The Morgan fingerprint density at radius 2 is 1.51 bits per heavy atom. The van der Waals surface area contributed by atoms with E-state index >= 15 is 0 Å². The molecule has 0 aliphatic carbocycles. The fourth-order valence-corrected chi connectivity index (χ4v) is 7.37. The summed E-state index contributed by atoms with van der Waals surface area (Å²) in [6, 6.07) is 34.5. The van der Waals surface area contributed by atoms with Gasteiger partial charge in [0.1, 0.15) is 5.82 Å². The number of para-hydroxylation sites is 1. The number of ether oxygens (including phenoxy) is 1. The number of pyridine rings is 1. The van der Waals surface area contributed by atoms with Crippen molar-refractivity contribution in [2.24, 2.45) is 0 Å². The molecule has 0 aliphatic rings. The van der Waals surface area contributed by atoms with Crippen molar-refractivity contribution in [1.29, 1.82) is 0 Å². The van der Waals surface area contributed by atoms with E-state index in [4.69, 9.17) is 14.8 Å². The van der Waals surface area contributed by atoms with E-state index in [0.29, 0.717) is 11.5 Å². The van der Waals surface area contributed by atoms with Gasteiger partial charge in [-0.2, -0.15) is 17.2 Å². The van der Waals surface area contributed by atoms with Crippen molar-refractivity contribution in [3.05, 3.63) is 125 Å². The molecule has 0 bridgehead atoms. The molecule has 0 saturated heterocycles. The molecule has 0 N–H and O–H groups in total. The van der Waals surface area contributed by atoms with E-state index in [0.717, 1.165) is 70.3 Å². The Hall–Kier alpha value is -4.12. The summed E-state index contributed by atoms with van der Waals surface area (Å²) in [5, 5.41) is 7.47. The molecule has 0 atom stereocenters. The third-order valence-electron chi connectivity index (χ3n) is 9.13. The molecule has 0 aliphatic heterocycles. The molecule has 3 heterocycles. The average Bonchev–Trinajstić information content (AvgIpc) is 3.66. The molecule has 0 spiro atoms. The average molecular weight is 844 g/mol. The van der Waals surface area contributed by atoms with E-state index in [9.17, 15) is 0 Å². The molecule has 7 aromatic rings. The van der Waals surface area contributed by atoms with Crippen LogP contribution in [0.25, 0.3) is 44.4 Å². The van der Waals surface area contributed by atoms with Gasteiger partial charge in [-0.3, -0.25) is 4.68 Å². The zero-order chi connectivity index (χ0) is 33.4. The van der Waals surface area contributed by atoms with Gasteiger partial charge < -0.3 is 9.30 Å². The van der Waals surface area contributed by atoms with Crippen LogP contribution in [0.4, 0.5) is 0 Å². The molecular weight excluding hydrogens is 804 g/mol. The van der Waals surface area contributed by atoms with Crippen molar-refractivity contribution in [3.8, 4) is 34.1 Å². The van der Waals surface area contributed by atoms with Crippen molar-refractivity contribution in [1.82, 2.24) is 19.3 Å². The minimum atomic E-state index is 0. The van der Waals surface area contributed by atoms with Crippen molar-refractivity contribution >= 4 is 33.6 Å². The minimum absolute atomic E-state index is 0. The zero-order valence-corrected chi connectivity index (χ0v) is 31.9. The first-order valence-corrected chi connectivity index (χ1v) is 18.1. The van der Waals surface area contributed by atoms with Gasteiger partial charge >= 0.3 is 21.1 Å². The van der Waals surface area contributed by atoms with Crippen LogP contribution in [-0.4, -0.2) is 25.6 Å². The molecule has 49 heavy (non-hydrogen) atoms. The summed E-state index contributed by atoms with van der Waals surface area (Å²) >= 11 is 1.81. The predicted octanol–water partition coefficient (Wildman–Crippen LogP) is 10.7. The third kappa shape index (κ3) is 6.37. The Labute approximate surface area is 308 Å². The molecule has 5 nitrogen and oxygen atoms in total. The van der Waals surface area contributed by atoms with Crippen LogP contribution in [0.15, 0.2) is 90.0 Å². The van der Waals surface area contributed by atoms with Crippen LogP contribution in [0.2, 0.25) is 0 Å². The van der Waals surface area contributed by atoms with Crippen LogP contribution in [0, 0.1) is 19.1 Å². The summed E-state index contributed by atoms with van der Waals surface area (Å²) in [7, 11) is 0. The maximum Gasteiger partial charge on any atom is 2.00 e. The molecular formula is C42H40N4OPtS. The van der Waals surface area contributed by atoms with Gasteiger partial charge in [0.15, 0.2) is 0 Å². The molecule has 3 aromatic heterocycles. The van der Waals surface area contributed by atoms with Crippen molar-refractivity contribution in [2.45, 2.75) is 65.2 Å². The third-order valence-corrected chi connectivity index (χ3v) is 9.84. The summed E-state index contributed by atoms with van der Waals surface area (Å²) in [4.78, 5) is 6.03. The monoisotopic (exact) mass is 843 g/mol. The fraction of sp³-hybridized carbons (Fsp3) is 0.238. The Bertz CT molecular complexity index is 2260. The second-order valence-corrected chi connectivity index (χ2v) is 12.9. The summed E-state index contributed by atoms with van der Waals surface area (Å²) in [6.07, 6.45) is 7.66. The van der Waals surface area contributed by atoms with Crippen LogP contribution in [0.3, 0.4) is 0 Å². The van der Waals surface area contributed by atoms with Crippen molar-refractivity contribution < 1.29 is 25.8 Å². The molecule has 250 valence electrons. The first kappa shape index (κ1) is 34.7. The van der Waals surface area contributed by atoms with Gasteiger partial charge in [-0.1, -0.05) is 51.4 Å². The predicted molar refractivity (Wildman–Crippen MR) is 199 cm³/mol. The largest absolute Gasteiger partial charge is 2.00 e. The van der Waals surface area contributed by atoms with E-state index in [1.54, 1.807) is 0 Å². The Kier molecular flexibility index (Phi) is 10.5. The number of aromatic nitrogens is 4. The van der Waals surface area contributed by atoms with Crippen molar-refractivity contribution in [2.75, 3.05) is 6.26 Å². The first-order chi connectivity index (χ1) is 23.5. The SMILES string of the molecule is CCc1cc(SC)cc(CC)c1-c1c(CC)nn(-c2[c-]c(Oc3[c-]c4c(cc3)c3ccccc3n4-c3cc(C)ccn3)ccc2)c1CC.[Pt+2]. The van der Waals surface area contributed by atoms with Gasteiger partial charge in [0.2, 0.25) is 0 Å². The summed E-state index contributed by atoms with van der Waals surface area (Å²) in [5.41, 5.74) is 11.7. The molecule has 0 fully saturated rings. The normalized spacial score (nSPS) is 11.3. The molecule has 0 radical (unpaired) electrons. The summed E-state index contributed by atoms with van der Waals surface area (Å²) < 4.78 is 10.7. The van der Waals surface area contributed by atoms with Crippen LogP contribution < -0.4 is 4.74 Å². The van der Waals surface area contributed by atoms with Gasteiger partial charge in [-0.25, -0.2) is 4.98 Å².